The Kier molecular flexibility index (Phi) is 6.44. The molecule has 1 aromatic heterocycles. The summed E-state index contributed by atoms with van der Waals surface area (Å²) < 4.78 is 45.1. The van der Waals surface area contributed by atoms with Gasteiger partial charge in [0.1, 0.15) is 6.54 Å². The molecule has 0 saturated heterocycles. The van der Waals surface area contributed by atoms with Gasteiger partial charge in [0.15, 0.2) is 6.61 Å². The van der Waals surface area contributed by atoms with E-state index in [1.165, 1.54) is 36.4 Å². The van der Waals surface area contributed by atoms with Gasteiger partial charge in [-0.1, -0.05) is 35.9 Å². The number of amides is 2. The van der Waals surface area contributed by atoms with Crippen LogP contribution in [0.4, 0.5) is 13.2 Å². The summed E-state index contributed by atoms with van der Waals surface area (Å²) in [5.74, 6) is -3.96. The Morgan fingerprint density at radius 2 is 1.71 bits per heavy atom. The first-order chi connectivity index (χ1) is 14.7. The lowest BCUT2D eigenvalue weighted by Crippen LogP contribution is -2.43. The van der Waals surface area contributed by atoms with Crippen LogP contribution in [0.25, 0.3) is 11.0 Å². The number of rotatable bonds is 5. The van der Waals surface area contributed by atoms with Crippen LogP contribution in [0, 0.1) is 0 Å². The molecule has 0 aliphatic rings. The molecule has 0 fully saturated rings. The van der Waals surface area contributed by atoms with E-state index in [0.717, 1.165) is 0 Å². The number of para-hydroxylation sites is 2. The number of carbonyl (C=O) groups is 3. The molecule has 0 spiro atoms. The molecule has 162 valence electrons. The van der Waals surface area contributed by atoms with Gasteiger partial charge in [-0.15, -0.1) is 0 Å². The van der Waals surface area contributed by atoms with Crippen molar-refractivity contribution >= 4 is 40.4 Å². The van der Waals surface area contributed by atoms with Crippen molar-refractivity contribution in [2.24, 2.45) is 0 Å². The van der Waals surface area contributed by atoms with Gasteiger partial charge in [0.25, 0.3) is 11.8 Å². The highest BCUT2D eigenvalue weighted by molar-refractivity contribution is 6.33. The largest absolute Gasteiger partial charge is 0.454 e. The molecule has 31 heavy (non-hydrogen) atoms. The minimum atomic E-state index is -4.79. The summed E-state index contributed by atoms with van der Waals surface area (Å²) in [4.78, 5) is 39.2. The number of imidazole rings is 1. The predicted octanol–water partition coefficient (Wildman–Crippen LogP) is 2.71. The van der Waals surface area contributed by atoms with Crippen molar-refractivity contribution < 1.29 is 32.3 Å². The highest BCUT2D eigenvalue weighted by Gasteiger charge is 2.38. The smallest absolute Gasteiger partial charge is 0.449 e. The summed E-state index contributed by atoms with van der Waals surface area (Å²) in [5, 5.41) is 0.161. The Hall–Kier alpha value is -3.60. The molecule has 12 heteroatoms. The second-order valence-electron chi connectivity index (χ2n) is 6.15. The Morgan fingerprint density at radius 3 is 2.42 bits per heavy atom. The molecular formula is C19H14ClF3N4O4. The standard InChI is InChI=1S/C19H14ClF3N4O4/c20-12-6-2-1-5-11(12)17(30)26-25-15(28)10-31-16(29)9-27-14-8-4-3-7-13(14)24-18(27)19(21,22)23/h1-8H,9-10H2,(H,25,28)(H,26,30). The normalized spacial score (nSPS) is 11.2. The lowest BCUT2D eigenvalue weighted by molar-refractivity contribution is -0.153. The number of hydrogen-bond acceptors (Lipinski definition) is 5. The zero-order chi connectivity index (χ0) is 22.6. The van der Waals surface area contributed by atoms with E-state index in [1.54, 1.807) is 12.1 Å². The van der Waals surface area contributed by atoms with Crippen molar-refractivity contribution in [3.8, 4) is 0 Å². The third-order valence-electron chi connectivity index (χ3n) is 3.99. The van der Waals surface area contributed by atoms with Crippen molar-refractivity contribution in [1.82, 2.24) is 20.4 Å². The number of ether oxygens (including phenoxy) is 1. The molecule has 0 radical (unpaired) electrons. The van der Waals surface area contributed by atoms with Crippen molar-refractivity contribution in [2.45, 2.75) is 12.7 Å². The van der Waals surface area contributed by atoms with Gasteiger partial charge in [0.05, 0.1) is 21.6 Å². The van der Waals surface area contributed by atoms with Crippen LogP contribution in [0.2, 0.25) is 5.02 Å². The van der Waals surface area contributed by atoms with Gasteiger partial charge in [-0.05, 0) is 24.3 Å². The number of halogens is 4. The van der Waals surface area contributed by atoms with E-state index >= 15 is 0 Å². The fraction of sp³-hybridized carbons (Fsp3) is 0.158. The molecule has 0 aliphatic heterocycles. The van der Waals surface area contributed by atoms with E-state index in [2.05, 4.69) is 10.4 Å². The molecule has 2 aromatic carbocycles. The van der Waals surface area contributed by atoms with Crippen LogP contribution >= 0.6 is 11.6 Å². The Morgan fingerprint density at radius 1 is 1.03 bits per heavy atom. The maximum atomic E-state index is 13.2. The topological polar surface area (TPSA) is 102 Å². The molecule has 2 N–H and O–H groups in total. The van der Waals surface area contributed by atoms with Gasteiger partial charge in [0.2, 0.25) is 5.82 Å². The molecule has 8 nitrogen and oxygen atoms in total. The van der Waals surface area contributed by atoms with Crippen molar-refractivity contribution in [1.29, 1.82) is 0 Å². The number of alkyl halides is 3. The highest BCUT2D eigenvalue weighted by atomic mass is 35.5. The molecule has 0 unspecified atom stereocenters. The quantitative estimate of drug-likeness (QED) is 0.456. The predicted molar refractivity (Wildman–Crippen MR) is 103 cm³/mol. The van der Waals surface area contributed by atoms with Gasteiger partial charge >= 0.3 is 12.1 Å². The van der Waals surface area contributed by atoms with E-state index < -0.39 is 42.9 Å². The minimum absolute atomic E-state index is 0.0580. The van der Waals surface area contributed by atoms with Crippen LogP contribution in [0.5, 0.6) is 0 Å². The van der Waals surface area contributed by atoms with Crippen LogP contribution in [-0.2, 0) is 27.0 Å². The summed E-state index contributed by atoms with van der Waals surface area (Å²) in [6.45, 7) is -1.63. The number of nitrogens with one attached hydrogen (secondary N) is 2. The van der Waals surface area contributed by atoms with Crippen LogP contribution in [-0.4, -0.2) is 33.9 Å². The van der Waals surface area contributed by atoms with Gasteiger partial charge in [-0.25, -0.2) is 4.98 Å². The third-order valence-corrected chi connectivity index (χ3v) is 4.32. The summed E-state index contributed by atoms with van der Waals surface area (Å²) in [5.41, 5.74) is 4.35. The van der Waals surface area contributed by atoms with E-state index in [9.17, 15) is 27.6 Å². The number of hydrogen-bond donors (Lipinski definition) is 2. The average molecular weight is 455 g/mol. The number of carbonyl (C=O) groups excluding carboxylic acids is 3. The van der Waals surface area contributed by atoms with Crippen LogP contribution in [0.1, 0.15) is 16.2 Å². The zero-order valence-electron chi connectivity index (χ0n) is 15.6. The monoisotopic (exact) mass is 454 g/mol. The third kappa shape index (κ3) is 5.31. The number of esters is 1. The van der Waals surface area contributed by atoms with E-state index in [4.69, 9.17) is 16.3 Å². The number of aromatic nitrogens is 2. The fourth-order valence-electron chi connectivity index (χ4n) is 2.65. The summed E-state index contributed by atoms with van der Waals surface area (Å²) in [6, 6.07) is 11.9. The van der Waals surface area contributed by atoms with Gasteiger partial charge in [-0.2, -0.15) is 13.2 Å². The lowest BCUT2D eigenvalue weighted by Gasteiger charge is -2.12. The first-order valence-corrected chi connectivity index (χ1v) is 9.06. The molecule has 0 bridgehead atoms. The van der Waals surface area contributed by atoms with Crippen molar-refractivity contribution in [3.63, 3.8) is 0 Å². The van der Waals surface area contributed by atoms with Gasteiger partial charge < -0.3 is 9.30 Å². The summed E-state index contributed by atoms with van der Waals surface area (Å²) in [7, 11) is 0. The lowest BCUT2D eigenvalue weighted by atomic mass is 10.2. The van der Waals surface area contributed by atoms with Crippen molar-refractivity contribution in [3.05, 3.63) is 64.9 Å². The molecule has 3 rings (SSSR count). The van der Waals surface area contributed by atoms with Crippen LogP contribution < -0.4 is 10.9 Å². The average Bonchev–Trinajstić information content (AvgIpc) is 3.10. The molecule has 3 aromatic rings. The molecule has 2 amide bonds. The van der Waals surface area contributed by atoms with E-state index in [0.29, 0.717) is 4.57 Å². The van der Waals surface area contributed by atoms with E-state index in [-0.39, 0.29) is 21.6 Å². The Balaban J connectivity index is 1.58. The fourth-order valence-corrected chi connectivity index (χ4v) is 2.87. The van der Waals surface area contributed by atoms with Crippen LogP contribution in [0.15, 0.2) is 48.5 Å². The van der Waals surface area contributed by atoms with Gasteiger partial charge in [0, 0.05) is 0 Å². The first-order valence-electron chi connectivity index (χ1n) is 8.68. The zero-order valence-corrected chi connectivity index (χ0v) is 16.3. The maximum absolute atomic E-state index is 13.2. The summed E-state index contributed by atoms with van der Waals surface area (Å²) in [6.07, 6.45) is -4.79. The first kappa shape index (κ1) is 22.1. The number of nitrogens with zero attached hydrogens (tertiary/aromatic N) is 2. The second-order valence-corrected chi connectivity index (χ2v) is 6.56. The highest BCUT2D eigenvalue weighted by Crippen LogP contribution is 2.31. The number of fused-ring (bicyclic) bond motifs is 1. The Bertz CT molecular complexity index is 1150. The minimum Gasteiger partial charge on any atom is -0.454 e. The molecule has 0 atom stereocenters. The number of benzene rings is 2. The Labute approximate surface area is 177 Å². The molecule has 0 aliphatic carbocycles. The maximum Gasteiger partial charge on any atom is 0.449 e. The number of hydrazine groups is 1. The molecule has 1 heterocycles. The van der Waals surface area contributed by atoms with E-state index in [1.807, 2.05) is 5.43 Å². The summed E-state index contributed by atoms with van der Waals surface area (Å²) >= 11 is 5.86. The second kappa shape index (κ2) is 9.04. The SMILES string of the molecule is O=C(COC(=O)Cn1c(C(F)(F)F)nc2ccccc21)NNC(=O)c1ccccc1Cl. The molecule has 0 saturated carbocycles. The van der Waals surface area contributed by atoms with Crippen molar-refractivity contribution in [2.75, 3.05) is 6.61 Å². The molecular weight excluding hydrogens is 441 g/mol. The van der Waals surface area contributed by atoms with Gasteiger partial charge in [-0.3, -0.25) is 25.2 Å². The van der Waals surface area contributed by atoms with Crippen LogP contribution in [0.3, 0.4) is 0 Å².